The van der Waals surface area contributed by atoms with Crippen molar-refractivity contribution >= 4 is 28.6 Å². The zero-order valence-corrected chi connectivity index (χ0v) is 7.18. The second-order valence-corrected chi connectivity index (χ2v) is 9.53. The van der Waals surface area contributed by atoms with Gasteiger partial charge in [0.2, 0.25) is 0 Å². The summed E-state index contributed by atoms with van der Waals surface area (Å²) < 4.78 is 0. The molecule has 1 aromatic carbocycles. The Kier molecular flexibility index (Phi) is 1.66. The molecule has 0 N–H and O–H groups in total. The van der Waals surface area contributed by atoms with Crippen LogP contribution in [0.4, 0.5) is 0 Å². The fraction of sp³-hybridized carbons (Fsp3) is 0. The minimum atomic E-state index is 0.188. The standard InChI is InChI=1S/C6H6S3/c1-2-4-6(5-3-1)9-7-8-9/h1-5,9H. The van der Waals surface area contributed by atoms with Crippen molar-refractivity contribution in [3.05, 3.63) is 30.3 Å². The van der Waals surface area contributed by atoms with Gasteiger partial charge >= 0.3 is 0 Å². The summed E-state index contributed by atoms with van der Waals surface area (Å²) in [7, 11) is 4.19. The number of thiol groups is 1. The SMILES string of the molecule is c1ccc([SH]2SS2)cc1. The quantitative estimate of drug-likeness (QED) is 0.394. The average molecular weight is 174 g/mol. The highest BCUT2D eigenvalue weighted by molar-refractivity contribution is 9.64. The molecule has 1 fully saturated rings. The molecule has 0 unspecified atom stereocenters. The summed E-state index contributed by atoms with van der Waals surface area (Å²) in [6.07, 6.45) is 0. The van der Waals surface area contributed by atoms with Crippen molar-refractivity contribution in [2.24, 2.45) is 0 Å². The Morgan fingerprint density at radius 2 is 1.67 bits per heavy atom. The van der Waals surface area contributed by atoms with E-state index in [4.69, 9.17) is 0 Å². The molecule has 1 aliphatic rings. The van der Waals surface area contributed by atoms with Crippen LogP contribution < -0.4 is 0 Å². The predicted molar refractivity (Wildman–Crippen MR) is 48.9 cm³/mol. The van der Waals surface area contributed by atoms with Gasteiger partial charge in [-0.05, 0) is 31.8 Å². The van der Waals surface area contributed by atoms with E-state index >= 15 is 0 Å². The molecular formula is C6H6S3. The zero-order chi connectivity index (χ0) is 6.10. The van der Waals surface area contributed by atoms with E-state index in [-0.39, 0.29) is 8.96 Å². The molecule has 1 aromatic rings. The molecule has 0 amide bonds. The Morgan fingerprint density at radius 3 is 2.22 bits per heavy atom. The lowest BCUT2D eigenvalue weighted by Gasteiger charge is -1.92. The molecule has 0 atom stereocenters. The topological polar surface area (TPSA) is 0 Å². The van der Waals surface area contributed by atoms with Gasteiger partial charge in [-0.1, -0.05) is 18.2 Å². The van der Waals surface area contributed by atoms with Gasteiger partial charge in [-0.2, -0.15) is 0 Å². The summed E-state index contributed by atoms with van der Waals surface area (Å²) in [6, 6.07) is 10.7. The second kappa shape index (κ2) is 2.48. The molecule has 1 heterocycles. The Balaban J connectivity index is 2.29. The third-order valence-corrected chi connectivity index (χ3v) is 6.98. The van der Waals surface area contributed by atoms with Gasteiger partial charge in [-0.15, -0.1) is 8.96 Å². The van der Waals surface area contributed by atoms with E-state index in [1.165, 1.54) is 4.90 Å². The first-order chi connectivity index (χ1) is 4.47. The molecular weight excluding hydrogens is 168 g/mol. The minimum absolute atomic E-state index is 0.188. The maximum absolute atomic E-state index is 2.21. The zero-order valence-electron chi connectivity index (χ0n) is 4.65. The highest BCUT2D eigenvalue weighted by Gasteiger charge is 2.21. The van der Waals surface area contributed by atoms with E-state index in [0.29, 0.717) is 0 Å². The van der Waals surface area contributed by atoms with Gasteiger partial charge in [0, 0.05) is 4.90 Å². The Bertz CT molecular complexity index is 193. The Labute approximate surface area is 64.0 Å². The van der Waals surface area contributed by atoms with E-state index in [2.05, 4.69) is 30.3 Å². The third kappa shape index (κ3) is 1.39. The molecule has 0 bridgehead atoms. The number of benzene rings is 1. The number of hydrogen-bond acceptors (Lipinski definition) is 2. The van der Waals surface area contributed by atoms with E-state index in [0.717, 1.165) is 0 Å². The van der Waals surface area contributed by atoms with Crippen molar-refractivity contribution in [2.75, 3.05) is 0 Å². The fourth-order valence-electron chi connectivity index (χ4n) is 0.652. The van der Waals surface area contributed by atoms with Gasteiger partial charge < -0.3 is 0 Å². The maximum Gasteiger partial charge on any atom is 0.00685 e. The van der Waals surface area contributed by atoms with E-state index < -0.39 is 0 Å². The van der Waals surface area contributed by atoms with Gasteiger partial charge in [0.25, 0.3) is 0 Å². The van der Waals surface area contributed by atoms with Crippen LogP contribution in [0.2, 0.25) is 0 Å². The maximum atomic E-state index is 2.21. The minimum Gasteiger partial charge on any atom is -0.106 e. The smallest absolute Gasteiger partial charge is 0.00685 e. The van der Waals surface area contributed by atoms with Gasteiger partial charge in [0.1, 0.15) is 0 Å². The van der Waals surface area contributed by atoms with Crippen molar-refractivity contribution in [3.8, 4) is 0 Å². The summed E-state index contributed by atoms with van der Waals surface area (Å²) in [5.74, 6) is 0. The van der Waals surface area contributed by atoms with Crippen LogP contribution >= 0.6 is 28.6 Å². The molecule has 0 aliphatic carbocycles. The second-order valence-electron chi connectivity index (χ2n) is 1.74. The molecule has 3 heteroatoms. The lowest BCUT2D eigenvalue weighted by molar-refractivity contribution is 1.48. The molecule has 0 spiro atoms. The van der Waals surface area contributed by atoms with E-state index in [1.54, 1.807) is 0 Å². The fourth-order valence-corrected chi connectivity index (χ4v) is 5.37. The van der Waals surface area contributed by atoms with Crippen molar-refractivity contribution in [1.29, 1.82) is 0 Å². The highest BCUT2D eigenvalue weighted by atomic mass is 34.1. The molecule has 9 heavy (non-hydrogen) atoms. The van der Waals surface area contributed by atoms with Gasteiger partial charge in [0.15, 0.2) is 0 Å². The molecule has 0 saturated carbocycles. The lowest BCUT2D eigenvalue weighted by atomic mass is 10.4. The van der Waals surface area contributed by atoms with Crippen LogP contribution in [0.15, 0.2) is 35.2 Å². The summed E-state index contributed by atoms with van der Waals surface area (Å²) in [5, 5.41) is 0. The molecule has 0 radical (unpaired) electrons. The van der Waals surface area contributed by atoms with Gasteiger partial charge in [-0.3, -0.25) is 0 Å². The molecule has 48 valence electrons. The van der Waals surface area contributed by atoms with Crippen LogP contribution in [0.1, 0.15) is 0 Å². The largest absolute Gasteiger partial charge is 0.106 e. The van der Waals surface area contributed by atoms with Crippen LogP contribution in [-0.4, -0.2) is 0 Å². The average Bonchev–Trinajstić information content (AvgIpc) is 2.71. The molecule has 0 aromatic heterocycles. The molecule has 0 nitrogen and oxygen atoms in total. The van der Waals surface area contributed by atoms with Gasteiger partial charge in [0.05, 0.1) is 0 Å². The van der Waals surface area contributed by atoms with Crippen LogP contribution in [0.25, 0.3) is 0 Å². The molecule has 1 saturated heterocycles. The normalized spacial score (nSPS) is 19.8. The van der Waals surface area contributed by atoms with Crippen molar-refractivity contribution in [3.63, 3.8) is 0 Å². The Hall–Kier alpha value is 0.270. The number of rotatable bonds is 1. The van der Waals surface area contributed by atoms with Crippen molar-refractivity contribution in [1.82, 2.24) is 0 Å². The van der Waals surface area contributed by atoms with Crippen LogP contribution in [0, 0.1) is 0 Å². The van der Waals surface area contributed by atoms with E-state index in [1.807, 2.05) is 19.7 Å². The Morgan fingerprint density at radius 1 is 1.00 bits per heavy atom. The first-order valence-corrected chi connectivity index (χ1v) is 7.37. The first kappa shape index (κ1) is 6.01. The summed E-state index contributed by atoms with van der Waals surface area (Å²) in [6.45, 7) is 0. The van der Waals surface area contributed by atoms with Crippen LogP contribution in [0.5, 0.6) is 0 Å². The third-order valence-electron chi connectivity index (χ3n) is 1.12. The summed E-state index contributed by atoms with van der Waals surface area (Å²) in [5.41, 5.74) is 0. The first-order valence-electron chi connectivity index (χ1n) is 2.67. The van der Waals surface area contributed by atoms with Gasteiger partial charge in [-0.25, -0.2) is 0 Å². The van der Waals surface area contributed by atoms with Crippen LogP contribution in [-0.2, 0) is 0 Å². The number of hydrogen-bond donors (Lipinski definition) is 1. The predicted octanol–water partition coefficient (Wildman–Crippen LogP) is 3.27. The monoisotopic (exact) mass is 174 g/mol. The van der Waals surface area contributed by atoms with Crippen molar-refractivity contribution in [2.45, 2.75) is 4.90 Å². The van der Waals surface area contributed by atoms with Crippen LogP contribution in [0.3, 0.4) is 0 Å². The lowest BCUT2D eigenvalue weighted by Crippen LogP contribution is -1.61. The molecule has 2 rings (SSSR count). The van der Waals surface area contributed by atoms with Crippen molar-refractivity contribution < 1.29 is 0 Å². The summed E-state index contributed by atoms with van der Waals surface area (Å²) in [4.78, 5) is 1.52. The molecule has 1 aliphatic heterocycles. The highest BCUT2D eigenvalue weighted by Crippen LogP contribution is 2.83. The summed E-state index contributed by atoms with van der Waals surface area (Å²) >= 11 is 0. The van der Waals surface area contributed by atoms with E-state index in [9.17, 15) is 0 Å².